The third-order valence-electron chi connectivity index (χ3n) is 4.58. The number of hydrogen-bond donors (Lipinski definition) is 2. The molecule has 0 aliphatic rings. The fourth-order valence-corrected chi connectivity index (χ4v) is 4.01. The van der Waals surface area contributed by atoms with Gasteiger partial charge in [-0.15, -0.1) is 0 Å². The average molecular weight is 419 g/mol. The summed E-state index contributed by atoms with van der Waals surface area (Å²) in [7, 11) is 0. The molecule has 0 bridgehead atoms. The fourth-order valence-electron chi connectivity index (χ4n) is 2.88. The first kappa shape index (κ1) is 20.5. The largest absolute Gasteiger partial charge is 0.353 e. The highest BCUT2D eigenvalue weighted by molar-refractivity contribution is 7.99. The maximum atomic E-state index is 12.9. The number of benzene rings is 1. The van der Waals surface area contributed by atoms with Crippen LogP contribution in [0.4, 0.5) is 0 Å². The second-order valence-electron chi connectivity index (χ2n) is 6.70. The van der Waals surface area contributed by atoms with Gasteiger partial charge < -0.3 is 10.3 Å². The summed E-state index contributed by atoms with van der Waals surface area (Å²) in [6, 6.07) is 9.23. The van der Waals surface area contributed by atoms with Gasteiger partial charge in [0.25, 0.3) is 5.56 Å². The van der Waals surface area contributed by atoms with E-state index in [9.17, 15) is 9.59 Å². The van der Waals surface area contributed by atoms with Crippen molar-refractivity contribution in [2.24, 2.45) is 0 Å². The fraction of sp³-hybridized carbons (Fsp3) is 0.350. The van der Waals surface area contributed by atoms with Crippen molar-refractivity contribution in [3.63, 3.8) is 0 Å². The predicted octanol–water partition coefficient (Wildman–Crippen LogP) is 4.07. The van der Waals surface area contributed by atoms with Gasteiger partial charge in [0.1, 0.15) is 5.52 Å². The van der Waals surface area contributed by atoms with E-state index in [4.69, 9.17) is 11.6 Å². The number of amides is 1. The molecule has 6 nitrogen and oxygen atoms in total. The number of aromatic amines is 1. The van der Waals surface area contributed by atoms with Gasteiger partial charge in [0.05, 0.1) is 11.3 Å². The molecular weight excluding hydrogens is 396 g/mol. The Morgan fingerprint density at radius 2 is 2.14 bits per heavy atom. The van der Waals surface area contributed by atoms with Crippen molar-refractivity contribution in [2.45, 2.75) is 44.9 Å². The summed E-state index contributed by atoms with van der Waals surface area (Å²) in [5, 5.41) is 4.04. The van der Waals surface area contributed by atoms with Crippen LogP contribution in [-0.2, 0) is 11.3 Å². The minimum absolute atomic E-state index is 0.0123. The first-order valence-electron chi connectivity index (χ1n) is 9.15. The van der Waals surface area contributed by atoms with Crippen LogP contribution in [0.15, 0.2) is 40.3 Å². The third-order valence-corrected chi connectivity index (χ3v) is 5.91. The minimum Gasteiger partial charge on any atom is -0.353 e. The highest BCUT2D eigenvalue weighted by Crippen LogP contribution is 2.22. The van der Waals surface area contributed by atoms with E-state index in [0.717, 1.165) is 17.7 Å². The molecule has 2 heterocycles. The molecule has 0 spiro atoms. The van der Waals surface area contributed by atoms with E-state index in [2.05, 4.69) is 15.3 Å². The van der Waals surface area contributed by atoms with Gasteiger partial charge in [0.2, 0.25) is 5.91 Å². The van der Waals surface area contributed by atoms with Crippen LogP contribution in [0.5, 0.6) is 0 Å². The van der Waals surface area contributed by atoms with Crippen molar-refractivity contribution >= 4 is 40.3 Å². The Kier molecular flexibility index (Phi) is 6.46. The van der Waals surface area contributed by atoms with E-state index in [0.29, 0.717) is 27.8 Å². The SMILES string of the molecule is CCC(C)n1c(SCC(=O)NCc2ccccc2Cl)nc2cc(C)[nH]c2c1=O. The van der Waals surface area contributed by atoms with Gasteiger partial charge in [-0.3, -0.25) is 14.2 Å². The maximum Gasteiger partial charge on any atom is 0.278 e. The lowest BCUT2D eigenvalue weighted by atomic mass is 10.2. The van der Waals surface area contributed by atoms with Crippen LogP contribution in [-0.4, -0.2) is 26.2 Å². The molecule has 8 heteroatoms. The molecule has 3 rings (SSSR count). The Balaban J connectivity index is 1.76. The smallest absolute Gasteiger partial charge is 0.278 e. The molecule has 3 aromatic rings. The molecule has 148 valence electrons. The van der Waals surface area contributed by atoms with E-state index in [1.54, 1.807) is 10.6 Å². The number of H-pyrrole nitrogens is 1. The molecule has 0 saturated heterocycles. The van der Waals surface area contributed by atoms with E-state index < -0.39 is 0 Å². The number of aryl methyl sites for hydroxylation is 1. The lowest BCUT2D eigenvalue weighted by Gasteiger charge is -2.17. The number of nitrogens with one attached hydrogen (secondary N) is 2. The van der Waals surface area contributed by atoms with Gasteiger partial charge in [-0.1, -0.05) is 48.5 Å². The summed E-state index contributed by atoms with van der Waals surface area (Å²) in [4.78, 5) is 32.9. The van der Waals surface area contributed by atoms with E-state index in [1.165, 1.54) is 11.8 Å². The Labute approximate surface area is 172 Å². The molecule has 1 amide bonds. The number of hydrogen-bond acceptors (Lipinski definition) is 4. The normalized spacial score (nSPS) is 12.3. The number of fused-ring (bicyclic) bond motifs is 1. The molecule has 28 heavy (non-hydrogen) atoms. The molecule has 0 fully saturated rings. The van der Waals surface area contributed by atoms with Crippen LogP contribution in [0, 0.1) is 6.92 Å². The molecule has 1 atom stereocenters. The van der Waals surface area contributed by atoms with Crippen molar-refractivity contribution < 1.29 is 4.79 Å². The Bertz CT molecular complexity index is 1060. The molecule has 0 radical (unpaired) electrons. The average Bonchev–Trinajstić information content (AvgIpc) is 3.06. The first-order valence-corrected chi connectivity index (χ1v) is 10.5. The molecule has 0 aliphatic carbocycles. The highest BCUT2D eigenvalue weighted by atomic mass is 35.5. The molecular formula is C20H23ClN4O2S. The number of halogens is 1. The number of carbonyl (C=O) groups excluding carboxylic acids is 1. The Hall–Kier alpha value is -2.25. The summed E-state index contributed by atoms with van der Waals surface area (Å²) in [5.74, 6) is 0.0302. The van der Waals surface area contributed by atoms with Crippen molar-refractivity contribution in [3.8, 4) is 0 Å². The highest BCUT2D eigenvalue weighted by Gasteiger charge is 2.18. The zero-order valence-electron chi connectivity index (χ0n) is 16.1. The minimum atomic E-state index is -0.139. The van der Waals surface area contributed by atoms with Crippen LogP contribution in [0.25, 0.3) is 11.0 Å². The van der Waals surface area contributed by atoms with Crippen LogP contribution in [0.3, 0.4) is 0 Å². The van der Waals surface area contributed by atoms with Crippen LogP contribution < -0.4 is 10.9 Å². The van der Waals surface area contributed by atoms with Gasteiger partial charge in [0.15, 0.2) is 5.16 Å². The molecule has 1 unspecified atom stereocenters. The van der Waals surface area contributed by atoms with Crippen LogP contribution in [0.1, 0.15) is 37.6 Å². The molecule has 2 N–H and O–H groups in total. The van der Waals surface area contributed by atoms with Gasteiger partial charge in [-0.2, -0.15) is 0 Å². The number of rotatable bonds is 7. The zero-order chi connectivity index (χ0) is 20.3. The first-order chi connectivity index (χ1) is 13.4. The van der Waals surface area contributed by atoms with Crippen molar-refractivity contribution in [2.75, 3.05) is 5.75 Å². The van der Waals surface area contributed by atoms with E-state index in [1.807, 2.05) is 45.0 Å². The van der Waals surface area contributed by atoms with Crippen LogP contribution in [0.2, 0.25) is 5.02 Å². The van der Waals surface area contributed by atoms with Crippen molar-refractivity contribution in [1.82, 2.24) is 19.9 Å². The van der Waals surface area contributed by atoms with E-state index in [-0.39, 0.29) is 23.3 Å². The van der Waals surface area contributed by atoms with Gasteiger partial charge in [-0.25, -0.2) is 4.98 Å². The lowest BCUT2D eigenvalue weighted by molar-refractivity contribution is -0.118. The zero-order valence-corrected chi connectivity index (χ0v) is 17.7. The Morgan fingerprint density at radius 3 is 2.86 bits per heavy atom. The second-order valence-corrected chi connectivity index (χ2v) is 8.05. The lowest BCUT2D eigenvalue weighted by Crippen LogP contribution is -2.28. The van der Waals surface area contributed by atoms with Gasteiger partial charge in [-0.05, 0) is 38.0 Å². The summed E-state index contributed by atoms with van der Waals surface area (Å²) in [6.07, 6.45) is 0.791. The Morgan fingerprint density at radius 1 is 1.39 bits per heavy atom. The van der Waals surface area contributed by atoms with Crippen molar-refractivity contribution in [3.05, 3.63) is 57.0 Å². The number of nitrogens with zero attached hydrogens (tertiary/aromatic N) is 2. The summed E-state index contributed by atoms with van der Waals surface area (Å²) in [5.41, 5.74) is 2.77. The molecule has 0 saturated carbocycles. The number of carbonyl (C=O) groups is 1. The van der Waals surface area contributed by atoms with E-state index >= 15 is 0 Å². The molecule has 1 aromatic carbocycles. The number of aromatic nitrogens is 3. The third kappa shape index (κ3) is 4.42. The van der Waals surface area contributed by atoms with Crippen molar-refractivity contribution in [1.29, 1.82) is 0 Å². The summed E-state index contributed by atoms with van der Waals surface area (Å²) >= 11 is 7.39. The monoisotopic (exact) mass is 418 g/mol. The summed E-state index contributed by atoms with van der Waals surface area (Å²) in [6.45, 7) is 6.25. The number of thioether (sulfide) groups is 1. The van der Waals surface area contributed by atoms with Crippen LogP contribution >= 0.6 is 23.4 Å². The molecule has 0 aliphatic heterocycles. The standard InChI is InChI=1S/C20H23ClN4O2S/c1-4-13(3)25-19(27)18-16(9-12(2)23-18)24-20(25)28-11-17(26)22-10-14-7-5-6-8-15(14)21/h5-9,13,23H,4,10-11H2,1-3H3,(H,22,26). The van der Waals surface area contributed by atoms with Gasteiger partial charge >= 0.3 is 0 Å². The quantitative estimate of drug-likeness (QED) is 0.447. The predicted molar refractivity (Wildman–Crippen MR) is 114 cm³/mol. The molecule has 2 aromatic heterocycles. The topological polar surface area (TPSA) is 79.8 Å². The maximum absolute atomic E-state index is 12.9. The second kappa shape index (κ2) is 8.84. The van der Waals surface area contributed by atoms with Gasteiger partial charge in [0, 0.05) is 23.3 Å². The summed E-state index contributed by atoms with van der Waals surface area (Å²) < 4.78 is 1.67.